The van der Waals surface area contributed by atoms with Crippen molar-refractivity contribution in [2.75, 3.05) is 6.54 Å². The minimum atomic E-state index is 0. The van der Waals surface area contributed by atoms with Gasteiger partial charge >= 0.3 is 0 Å². The molecular formula is C10H16ClNS. The van der Waals surface area contributed by atoms with Gasteiger partial charge in [-0.05, 0) is 47.7 Å². The summed E-state index contributed by atoms with van der Waals surface area (Å²) in [6, 6.07) is 0.733. The number of nitrogens with one attached hydrogen (secondary N) is 1. The zero-order valence-electron chi connectivity index (χ0n) is 7.88. The van der Waals surface area contributed by atoms with E-state index in [4.69, 9.17) is 0 Å². The van der Waals surface area contributed by atoms with Crippen molar-refractivity contribution >= 4 is 23.7 Å². The van der Waals surface area contributed by atoms with Crippen LogP contribution in [0.25, 0.3) is 0 Å². The molecule has 0 aromatic carbocycles. The molecule has 0 spiro atoms. The van der Waals surface area contributed by atoms with Gasteiger partial charge in [-0.3, -0.25) is 0 Å². The topological polar surface area (TPSA) is 12.0 Å². The van der Waals surface area contributed by atoms with E-state index in [1.807, 2.05) is 11.3 Å². The van der Waals surface area contributed by atoms with Gasteiger partial charge in [0, 0.05) is 6.04 Å². The van der Waals surface area contributed by atoms with Crippen molar-refractivity contribution in [3.05, 3.63) is 21.9 Å². The molecule has 0 bridgehead atoms. The number of thiophene rings is 1. The molecule has 1 aromatic rings. The molecule has 1 N–H and O–H groups in total. The molecule has 1 aliphatic carbocycles. The Morgan fingerprint density at radius 3 is 3.00 bits per heavy atom. The molecule has 2 rings (SSSR count). The van der Waals surface area contributed by atoms with Gasteiger partial charge in [-0.2, -0.15) is 11.3 Å². The van der Waals surface area contributed by atoms with E-state index in [0.29, 0.717) is 0 Å². The van der Waals surface area contributed by atoms with Crippen molar-refractivity contribution in [1.29, 1.82) is 0 Å². The normalized spacial score (nSPS) is 20.5. The number of fused-ring (bicyclic) bond motifs is 1. The first-order valence-electron chi connectivity index (χ1n) is 4.67. The van der Waals surface area contributed by atoms with Crippen LogP contribution in [0.4, 0.5) is 0 Å². The molecule has 1 atom stereocenters. The van der Waals surface area contributed by atoms with Crippen molar-refractivity contribution in [3.8, 4) is 0 Å². The SMILES string of the molecule is CCNC1CCc2cscc2C1.Cl. The van der Waals surface area contributed by atoms with Crippen LogP contribution in [-0.4, -0.2) is 12.6 Å². The molecule has 74 valence electrons. The molecule has 0 radical (unpaired) electrons. The van der Waals surface area contributed by atoms with Crippen molar-refractivity contribution in [2.24, 2.45) is 0 Å². The predicted molar refractivity (Wildman–Crippen MR) is 61.1 cm³/mol. The van der Waals surface area contributed by atoms with E-state index >= 15 is 0 Å². The van der Waals surface area contributed by atoms with E-state index in [2.05, 4.69) is 23.0 Å². The van der Waals surface area contributed by atoms with E-state index in [0.717, 1.165) is 12.6 Å². The second kappa shape index (κ2) is 4.99. The first-order valence-corrected chi connectivity index (χ1v) is 5.61. The van der Waals surface area contributed by atoms with Gasteiger partial charge < -0.3 is 5.32 Å². The van der Waals surface area contributed by atoms with Gasteiger partial charge in [0.25, 0.3) is 0 Å². The molecule has 13 heavy (non-hydrogen) atoms. The first-order chi connectivity index (χ1) is 5.90. The van der Waals surface area contributed by atoms with Crippen molar-refractivity contribution in [3.63, 3.8) is 0 Å². The highest BCUT2D eigenvalue weighted by molar-refractivity contribution is 7.08. The van der Waals surface area contributed by atoms with Crippen LogP contribution in [0.3, 0.4) is 0 Å². The maximum Gasteiger partial charge on any atom is 0.0111 e. The Balaban J connectivity index is 0.000000845. The molecule has 1 heterocycles. The van der Waals surface area contributed by atoms with E-state index < -0.39 is 0 Å². The first kappa shape index (κ1) is 11.0. The van der Waals surface area contributed by atoms with Crippen LogP contribution in [0.5, 0.6) is 0 Å². The highest BCUT2D eigenvalue weighted by Crippen LogP contribution is 2.24. The molecule has 1 aliphatic rings. The third-order valence-electron chi connectivity index (χ3n) is 2.55. The van der Waals surface area contributed by atoms with Crippen LogP contribution >= 0.6 is 23.7 Å². The van der Waals surface area contributed by atoms with Crippen molar-refractivity contribution < 1.29 is 0 Å². The van der Waals surface area contributed by atoms with Gasteiger partial charge in [0.2, 0.25) is 0 Å². The molecule has 0 aliphatic heterocycles. The monoisotopic (exact) mass is 217 g/mol. The standard InChI is InChI=1S/C10H15NS.ClH/c1-2-11-10-4-3-8-6-12-7-9(8)5-10;/h6-7,10-11H,2-5H2,1H3;1H. The molecule has 0 saturated heterocycles. The lowest BCUT2D eigenvalue weighted by molar-refractivity contribution is 0.472. The summed E-state index contributed by atoms with van der Waals surface area (Å²) in [5, 5.41) is 8.13. The lowest BCUT2D eigenvalue weighted by Crippen LogP contribution is -2.33. The number of hydrogen-bond donors (Lipinski definition) is 1. The van der Waals surface area contributed by atoms with Gasteiger partial charge in [-0.25, -0.2) is 0 Å². The average molecular weight is 218 g/mol. The predicted octanol–water partition coefficient (Wildman–Crippen LogP) is 2.64. The average Bonchev–Trinajstić information content (AvgIpc) is 2.51. The van der Waals surface area contributed by atoms with Gasteiger partial charge in [0.05, 0.1) is 0 Å². The maximum atomic E-state index is 3.52. The number of hydrogen-bond acceptors (Lipinski definition) is 2. The van der Waals surface area contributed by atoms with Gasteiger partial charge in [-0.15, -0.1) is 12.4 Å². The third-order valence-corrected chi connectivity index (χ3v) is 3.40. The summed E-state index contributed by atoms with van der Waals surface area (Å²) in [5.41, 5.74) is 3.17. The van der Waals surface area contributed by atoms with Gasteiger partial charge in [0.15, 0.2) is 0 Å². The molecule has 1 aromatic heterocycles. The van der Waals surface area contributed by atoms with Crippen molar-refractivity contribution in [2.45, 2.75) is 32.2 Å². The molecular weight excluding hydrogens is 202 g/mol. The largest absolute Gasteiger partial charge is 0.314 e. The van der Waals surface area contributed by atoms with E-state index in [1.165, 1.54) is 19.3 Å². The van der Waals surface area contributed by atoms with E-state index in [1.54, 1.807) is 11.1 Å². The fourth-order valence-corrected chi connectivity index (χ4v) is 2.82. The zero-order chi connectivity index (χ0) is 8.39. The highest BCUT2D eigenvalue weighted by atomic mass is 35.5. The summed E-state index contributed by atoms with van der Waals surface area (Å²) >= 11 is 1.85. The van der Waals surface area contributed by atoms with E-state index in [-0.39, 0.29) is 12.4 Å². The number of likely N-dealkylation sites (N-methyl/N-ethyl adjacent to an activating group) is 1. The number of halogens is 1. The minimum absolute atomic E-state index is 0. The summed E-state index contributed by atoms with van der Waals surface area (Å²) in [7, 11) is 0. The molecule has 1 unspecified atom stereocenters. The fourth-order valence-electron chi connectivity index (χ4n) is 1.91. The Bertz CT molecular complexity index is 259. The third kappa shape index (κ3) is 2.46. The Kier molecular flexibility index (Phi) is 4.23. The van der Waals surface area contributed by atoms with Crippen LogP contribution in [0, 0.1) is 0 Å². The summed E-state index contributed by atoms with van der Waals surface area (Å²) in [6.07, 6.45) is 3.83. The van der Waals surface area contributed by atoms with Crippen LogP contribution in [0.2, 0.25) is 0 Å². The number of rotatable bonds is 2. The summed E-state index contributed by atoms with van der Waals surface area (Å²) < 4.78 is 0. The summed E-state index contributed by atoms with van der Waals surface area (Å²) in [6.45, 7) is 3.28. The van der Waals surface area contributed by atoms with Gasteiger partial charge in [-0.1, -0.05) is 6.92 Å². The highest BCUT2D eigenvalue weighted by Gasteiger charge is 2.17. The van der Waals surface area contributed by atoms with Crippen LogP contribution in [0.1, 0.15) is 24.5 Å². The molecule has 0 saturated carbocycles. The number of aryl methyl sites for hydroxylation is 1. The summed E-state index contributed by atoms with van der Waals surface area (Å²) in [5.74, 6) is 0. The van der Waals surface area contributed by atoms with Crippen LogP contribution in [-0.2, 0) is 12.8 Å². The Morgan fingerprint density at radius 1 is 1.46 bits per heavy atom. The van der Waals surface area contributed by atoms with Gasteiger partial charge in [0.1, 0.15) is 0 Å². The quantitative estimate of drug-likeness (QED) is 0.803. The van der Waals surface area contributed by atoms with Crippen LogP contribution < -0.4 is 5.32 Å². The molecule has 0 amide bonds. The lowest BCUT2D eigenvalue weighted by atomic mass is 9.92. The second-order valence-electron chi connectivity index (χ2n) is 3.42. The Hall–Kier alpha value is -0.0500. The Labute approximate surface area is 90.0 Å². The maximum absolute atomic E-state index is 3.52. The molecule has 1 nitrogen and oxygen atoms in total. The minimum Gasteiger partial charge on any atom is -0.314 e. The second-order valence-corrected chi connectivity index (χ2v) is 4.16. The molecule has 3 heteroatoms. The Morgan fingerprint density at radius 2 is 2.23 bits per heavy atom. The fraction of sp³-hybridized carbons (Fsp3) is 0.600. The smallest absolute Gasteiger partial charge is 0.0111 e. The van der Waals surface area contributed by atoms with E-state index in [9.17, 15) is 0 Å². The lowest BCUT2D eigenvalue weighted by Gasteiger charge is -2.22. The van der Waals surface area contributed by atoms with Crippen LogP contribution in [0.15, 0.2) is 10.8 Å². The van der Waals surface area contributed by atoms with Crippen molar-refractivity contribution in [1.82, 2.24) is 5.32 Å². The zero-order valence-corrected chi connectivity index (χ0v) is 9.51. The summed E-state index contributed by atoms with van der Waals surface area (Å²) in [4.78, 5) is 0. The molecule has 0 fully saturated rings.